The summed E-state index contributed by atoms with van der Waals surface area (Å²) in [4.78, 5) is 7.59. The highest BCUT2D eigenvalue weighted by molar-refractivity contribution is 6.31. The van der Waals surface area contributed by atoms with Crippen molar-refractivity contribution in [2.75, 3.05) is 37.6 Å². The van der Waals surface area contributed by atoms with Crippen molar-refractivity contribution >= 4 is 17.4 Å². The van der Waals surface area contributed by atoms with Crippen molar-refractivity contribution in [1.82, 2.24) is 19.6 Å². The first-order valence-corrected chi connectivity index (χ1v) is 13.0. The van der Waals surface area contributed by atoms with E-state index in [2.05, 4.69) is 89.5 Å². The molecule has 0 amide bonds. The van der Waals surface area contributed by atoms with E-state index in [-0.39, 0.29) is 0 Å². The third-order valence-electron chi connectivity index (χ3n) is 6.92. The summed E-state index contributed by atoms with van der Waals surface area (Å²) in [5.41, 5.74) is 4.82. The van der Waals surface area contributed by atoms with Crippen LogP contribution in [-0.2, 0) is 19.5 Å². The fourth-order valence-corrected chi connectivity index (χ4v) is 4.95. The number of piperazine rings is 1. The van der Waals surface area contributed by atoms with Gasteiger partial charge in [-0.05, 0) is 50.6 Å². The number of likely N-dealkylation sites (N-methyl/N-ethyl adjacent to an activating group) is 1. The van der Waals surface area contributed by atoms with Crippen molar-refractivity contribution in [1.29, 1.82) is 0 Å². The van der Waals surface area contributed by atoms with Crippen molar-refractivity contribution in [3.8, 4) is 5.69 Å². The quantitative estimate of drug-likeness (QED) is 0.397. The smallest absolute Gasteiger partial charge is 0.137 e. The van der Waals surface area contributed by atoms with Gasteiger partial charge in [0, 0.05) is 55.9 Å². The van der Waals surface area contributed by atoms with Gasteiger partial charge in [0.2, 0.25) is 0 Å². The lowest BCUT2D eigenvalue weighted by atomic mass is 10.1. The molecule has 2 heterocycles. The Hall–Kier alpha value is -2.34. The lowest BCUT2D eigenvalue weighted by Crippen LogP contribution is -2.47. The summed E-state index contributed by atoms with van der Waals surface area (Å²) in [6.45, 7) is 16.0. The van der Waals surface area contributed by atoms with Gasteiger partial charge in [-0.25, -0.2) is 4.68 Å². The highest BCUT2D eigenvalue weighted by Crippen LogP contribution is 2.31. The molecule has 1 aliphatic rings. The van der Waals surface area contributed by atoms with Gasteiger partial charge >= 0.3 is 0 Å². The summed E-state index contributed by atoms with van der Waals surface area (Å²) in [5, 5.41) is 5.99. The largest absolute Gasteiger partial charge is 0.354 e. The molecule has 34 heavy (non-hydrogen) atoms. The predicted molar refractivity (Wildman–Crippen MR) is 143 cm³/mol. The van der Waals surface area contributed by atoms with Crippen molar-refractivity contribution in [3.05, 3.63) is 76.4 Å². The average molecular weight is 480 g/mol. The van der Waals surface area contributed by atoms with E-state index in [9.17, 15) is 0 Å². The van der Waals surface area contributed by atoms with Gasteiger partial charge in [-0.15, -0.1) is 0 Å². The van der Waals surface area contributed by atoms with Gasteiger partial charge in [-0.3, -0.25) is 4.90 Å². The molecule has 0 radical (unpaired) electrons. The van der Waals surface area contributed by atoms with E-state index < -0.39 is 0 Å². The Labute approximate surface area is 209 Å². The minimum atomic E-state index is 0.380. The molecule has 1 fully saturated rings. The number of aromatic nitrogens is 2. The molecule has 0 atom stereocenters. The number of anilines is 1. The summed E-state index contributed by atoms with van der Waals surface area (Å²) in [5.74, 6) is 1.25. The van der Waals surface area contributed by atoms with Crippen LogP contribution in [0.4, 0.5) is 5.82 Å². The van der Waals surface area contributed by atoms with Crippen molar-refractivity contribution < 1.29 is 0 Å². The second-order valence-corrected chi connectivity index (χ2v) is 9.77. The molecule has 0 aliphatic carbocycles. The molecule has 0 N–H and O–H groups in total. The van der Waals surface area contributed by atoms with Crippen LogP contribution in [0.5, 0.6) is 0 Å². The first kappa shape index (κ1) is 24.8. The zero-order valence-electron chi connectivity index (χ0n) is 21.0. The molecule has 1 aromatic heterocycles. The molecule has 0 spiro atoms. The number of hydrogen-bond donors (Lipinski definition) is 0. The number of halogens is 1. The van der Waals surface area contributed by atoms with Gasteiger partial charge in [0.15, 0.2) is 0 Å². The maximum Gasteiger partial charge on any atom is 0.137 e. The van der Waals surface area contributed by atoms with Crippen LogP contribution in [0, 0.1) is 0 Å². The van der Waals surface area contributed by atoms with Gasteiger partial charge in [0.25, 0.3) is 0 Å². The number of hydrogen-bond acceptors (Lipinski definition) is 4. The summed E-state index contributed by atoms with van der Waals surface area (Å²) >= 11 is 6.54. The predicted octanol–water partition coefficient (Wildman–Crippen LogP) is 5.64. The Morgan fingerprint density at radius 3 is 2.21 bits per heavy atom. The van der Waals surface area contributed by atoms with Crippen molar-refractivity contribution in [2.45, 2.75) is 53.2 Å². The molecule has 1 aliphatic heterocycles. The normalized spacial score (nSPS) is 15.0. The molecule has 3 aromatic rings. The van der Waals surface area contributed by atoms with Crippen molar-refractivity contribution in [3.63, 3.8) is 0 Å². The summed E-state index contributed by atoms with van der Waals surface area (Å²) in [7, 11) is 0. The highest BCUT2D eigenvalue weighted by Gasteiger charge is 2.27. The van der Waals surface area contributed by atoms with Crippen molar-refractivity contribution in [2.24, 2.45) is 0 Å². The lowest BCUT2D eigenvalue weighted by molar-refractivity contribution is 0.203. The maximum absolute atomic E-state index is 6.54. The van der Waals surface area contributed by atoms with Crippen LogP contribution in [0.2, 0.25) is 5.02 Å². The lowest BCUT2D eigenvalue weighted by Gasteiger charge is -2.37. The van der Waals surface area contributed by atoms with E-state index in [0.717, 1.165) is 62.9 Å². The standard InChI is InChI=1S/C28H38ClN5/c1-5-27-25(21-33(22(3)4)20-23-12-10-11-15-26(23)29)28(32-18-16-31(6-2)17-19-32)34(30-27)24-13-8-7-9-14-24/h7-15,22H,5-6,16-21H2,1-4H3. The molecule has 182 valence electrons. The maximum atomic E-state index is 6.54. The Kier molecular flexibility index (Phi) is 8.30. The van der Waals surface area contributed by atoms with Crippen LogP contribution in [0.15, 0.2) is 54.6 Å². The van der Waals surface area contributed by atoms with Gasteiger partial charge in [-0.1, -0.05) is 61.8 Å². The number of para-hydroxylation sites is 1. The molecular formula is C28H38ClN5. The number of benzene rings is 2. The minimum Gasteiger partial charge on any atom is -0.354 e. The van der Waals surface area contributed by atoms with Crippen LogP contribution in [-0.4, -0.2) is 58.3 Å². The van der Waals surface area contributed by atoms with E-state index in [1.807, 2.05) is 12.1 Å². The average Bonchev–Trinajstić information content (AvgIpc) is 3.23. The van der Waals surface area contributed by atoms with Gasteiger partial charge in [0.1, 0.15) is 5.82 Å². The number of aryl methyl sites for hydroxylation is 1. The van der Waals surface area contributed by atoms with E-state index in [1.54, 1.807) is 0 Å². The molecule has 2 aromatic carbocycles. The van der Waals surface area contributed by atoms with Crippen LogP contribution in [0.25, 0.3) is 5.69 Å². The van der Waals surface area contributed by atoms with Crippen LogP contribution < -0.4 is 4.90 Å². The SMILES string of the molecule is CCc1nn(-c2ccccc2)c(N2CCN(CC)CC2)c1CN(Cc1ccccc1Cl)C(C)C. The number of rotatable bonds is 9. The fraction of sp³-hybridized carbons (Fsp3) is 0.464. The van der Waals surface area contributed by atoms with Gasteiger partial charge < -0.3 is 9.80 Å². The molecule has 0 saturated carbocycles. The van der Waals surface area contributed by atoms with E-state index in [4.69, 9.17) is 16.7 Å². The second-order valence-electron chi connectivity index (χ2n) is 9.36. The topological polar surface area (TPSA) is 27.5 Å². The van der Waals surface area contributed by atoms with Gasteiger partial charge in [-0.2, -0.15) is 5.10 Å². The van der Waals surface area contributed by atoms with E-state index in [0.29, 0.717) is 6.04 Å². The van der Waals surface area contributed by atoms with Crippen LogP contribution in [0.1, 0.15) is 44.5 Å². The molecule has 6 heteroatoms. The zero-order chi connectivity index (χ0) is 24.1. The van der Waals surface area contributed by atoms with E-state index >= 15 is 0 Å². The van der Waals surface area contributed by atoms with Gasteiger partial charge in [0.05, 0.1) is 11.4 Å². The second kappa shape index (κ2) is 11.4. The van der Waals surface area contributed by atoms with Crippen LogP contribution >= 0.6 is 11.6 Å². The first-order chi connectivity index (χ1) is 16.5. The molecule has 4 rings (SSSR count). The molecule has 0 unspecified atom stereocenters. The molecular weight excluding hydrogens is 442 g/mol. The van der Waals surface area contributed by atoms with Crippen LogP contribution in [0.3, 0.4) is 0 Å². The summed E-state index contributed by atoms with van der Waals surface area (Å²) < 4.78 is 2.18. The minimum absolute atomic E-state index is 0.380. The first-order valence-electron chi connectivity index (χ1n) is 12.6. The molecule has 0 bridgehead atoms. The Balaban J connectivity index is 1.74. The molecule has 1 saturated heterocycles. The zero-order valence-corrected chi connectivity index (χ0v) is 21.8. The molecule has 5 nitrogen and oxygen atoms in total. The third-order valence-corrected chi connectivity index (χ3v) is 7.29. The Morgan fingerprint density at radius 2 is 1.59 bits per heavy atom. The fourth-order valence-electron chi connectivity index (χ4n) is 4.75. The Bertz CT molecular complexity index is 1050. The highest BCUT2D eigenvalue weighted by atomic mass is 35.5. The summed E-state index contributed by atoms with van der Waals surface area (Å²) in [6, 6.07) is 19.2. The van der Waals surface area contributed by atoms with E-state index in [1.165, 1.54) is 22.6 Å². The number of nitrogens with zero attached hydrogens (tertiary/aromatic N) is 5. The Morgan fingerprint density at radius 1 is 0.912 bits per heavy atom. The summed E-state index contributed by atoms with van der Waals surface area (Å²) in [6.07, 6.45) is 0.912. The monoisotopic (exact) mass is 479 g/mol. The third kappa shape index (κ3) is 5.48.